The minimum absolute atomic E-state index is 0.212. The maximum absolute atomic E-state index is 13.9. The SMILES string of the molecule is CCc1c(N2CCC3(CCCN(Cc4cccc5ccccc45)C3=O)CC2)cnc2ccccc12. The molecule has 4 nitrogen and oxygen atoms in total. The molecule has 0 aliphatic carbocycles. The van der Waals surface area contributed by atoms with E-state index in [0.29, 0.717) is 12.5 Å². The highest BCUT2D eigenvalue weighted by Gasteiger charge is 2.45. The molecule has 0 bridgehead atoms. The van der Waals surface area contributed by atoms with Crippen LogP contribution in [-0.2, 0) is 17.8 Å². The molecular formula is C31H33N3O. The molecule has 2 aliphatic heterocycles. The van der Waals surface area contributed by atoms with Crippen molar-refractivity contribution in [2.24, 2.45) is 5.41 Å². The lowest BCUT2D eigenvalue weighted by atomic mass is 9.71. The van der Waals surface area contributed by atoms with Gasteiger partial charge in [0.05, 0.1) is 22.8 Å². The number of hydrogen-bond acceptors (Lipinski definition) is 3. The highest BCUT2D eigenvalue weighted by atomic mass is 16.2. The van der Waals surface area contributed by atoms with E-state index >= 15 is 0 Å². The molecular weight excluding hydrogens is 430 g/mol. The van der Waals surface area contributed by atoms with Gasteiger partial charge < -0.3 is 9.80 Å². The number of piperidine rings is 2. The van der Waals surface area contributed by atoms with Crippen molar-refractivity contribution in [3.63, 3.8) is 0 Å². The van der Waals surface area contributed by atoms with Gasteiger partial charge >= 0.3 is 0 Å². The van der Waals surface area contributed by atoms with Crippen LogP contribution in [0.15, 0.2) is 72.9 Å². The second-order valence-electron chi connectivity index (χ2n) is 10.2. The smallest absolute Gasteiger partial charge is 0.229 e. The zero-order valence-corrected chi connectivity index (χ0v) is 20.5. The van der Waals surface area contributed by atoms with Gasteiger partial charge in [0.25, 0.3) is 0 Å². The minimum Gasteiger partial charge on any atom is -0.370 e. The first kappa shape index (κ1) is 22.1. The van der Waals surface area contributed by atoms with Crippen LogP contribution in [-0.4, -0.2) is 35.4 Å². The number of likely N-dealkylation sites (tertiary alicyclic amines) is 1. The summed E-state index contributed by atoms with van der Waals surface area (Å²) >= 11 is 0. The molecule has 3 aromatic carbocycles. The lowest BCUT2D eigenvalue weighted by Crippen LogP contribution is -2.53. The third-order valence-corrected chi connectivity index (χ3v) is 8.34. The van der Waals surface area contributed by atoms with Crippen molar-refractivity contribution in [3.05, 3.63) is 84.1 Å². The van der Waals surface area contributed by atoms with Gasteiger partial charge in [-0.25, -0.2) is 0 Å². The second kappa shape index (κ2) is 8.99. The predicted molar refractivity (Wildman–Crippen MR) is 144 cm³/mol. The first-order chi connectivity index (χ1) is 17.2. The molecule has 0 atom stereocenters. The summed E-state index contributed by atoms with van der Waals surface area (Å²) in [4.78, 5) is 23.2. The van der Waals surface area contributed by atoms with Crippen molar-refractivity contribution < 1.29 is 4.79 Å². The van der Waals surface area contributed by atoms with Gasteiger partial charge in [0.1, 0.15) is 0 Å². The van der Waals surface area contributed by atoms with Crippen molar-refractivity contribution in [2.75, 3.05) is 24.5 Å². The van der Waals surface area contributed by atoms with E-state index in [1.54, 1.807) is 0 Å². The fourth-order valence-corrected chi connectivity index (χ4v) is 6.41. The average Bonchev–Trinajstić information content (AvgIpc) is 2.91. The summed E-state index contributed by atoms with van der Waals surface area (Å²) < 4.78 is 0. The number of benzene rings is 3. The topological polar surface area (TPSA) is 36.4 Å². The Morgan fingerprint density at radius 2 is 1.60 bits per heavy atom. The molecule has 178 valence electrons. The molecule has 0 unspecified atom stereocenters. The number of aromatic nitrogens is 1. The largest absolute Gasteiger partial charge is 0.370 e. The zero-order valence-electron chi connectivity index (χ0n) is 20.5. The Kier molecular flexibility index (Phi) is 5.68. The molecule has 6 rings (SSSR count). The summed E-state index contributed by atoms with van der Waals surface area (Å²) in [5.74, 6) is 0.365. The number of anilines is 1. The second-order valence-corrected chi connectivity index (χ2v) is 10.2. The molecule has 2 saturated heterocycles. The van der Waals surface area contributed by atoms with E-state index < -0.39 is 0 Å². The number of amides is 1. The Bertz CT molecular complexity index is 1380. The Hall–Kier alpha value is -3.40. The van der Waals surface area contributed by atoms with E-state index in [-0.39, 0.29) is 5.41 Å². The maximum Gasteiger partial charge on any atom is 0.229 e. The molecule has 1 aromatic heterocycles. The lowest BCUT2D eigenvalue weighted by molar-refractivity contribution is -0.148. The number of carbonyl (C=O) groups is 1. The van der Waals surface area contributed by atoms with Crippen LogP contribution in [0, 0.1) is 5.41 Å². The molecule has 3 heterocycles. The van der Waals surface area contributed by atoms with Crippen LogP contribution in [0.25, 0.3) is 21.7 Å². The lowest BCUT2D eigenvalue weighted by Gasteiger charge is -2.47. The zero-order chi connectivity index (χ0) is 23.8. The quantitative estimate of drug-likeness (QED) is 0.353. The normalized spacial score (nSPS) is 18.0. The summed E-state index contributed by atoms with van der Waals surface area (Å²) in [7, 11) is 0. The van der Waals surface area contributed by atoms with Crippen molar-refractivity contribution in [3.8, 4) is 0 Å². The van der Waals surface area contributed by atoms with Gasteiger partial charge in [-0.2, -0.15) is 0 Å². The Morgan fingerprint density at radius 3 is 2.43 bits per heavy atom. The highest BCUT2D eigenvalue weighted by molar-refractivity contribution is 5.88. The van der Waals surface area contributed by atoms with E-state index in [4.69, 9.17) is 4.98 Å². The molecule has 35 heavy (non-hydrogen) atoms. The summed E-state index contributed by atoms with van der Waals surface area (Å²) in [5.41, 5.74) is 4.72. The van der Waals surface area contributed by atoms with Gasteiger partial charge in [0, 0.05) is 31.6 Å². The molecule has 4 aromatic rings. The number of rotatable bonds is 4. The fourth-order valence-electron chi connectivity index (χ4n) is 6.41. The highest BCUT2D eigenvalue weighted by Crippen LogP contribution is 2.43. The first-order valence-electron chi connectivity index (χ1n) is 13.1. The number of fused-ring (bicyclic) bond motifs is 2. The summed E-state index contributed by atoms with van der Waals surface area (Å²) in [6, 6.07) is 23.4. The van der Waals surface area contributed by atoms with Gasteiger partial charge in [0.2, 0.25) is 5.91 Å². The number of para-hydroxylation sites is 1. The first-order valence-corrected chi connectivity index (χ1v) is 13.1. The molecule has 4 heteroatoms. The summed E-state index contributed by atoms with van der Waals surface area (Å²) in [6.45, 7) is 5.64. The number of nitrogens with zero attached hydrogens (tertiary/aromatic N) is 3. The number of pyridine rings is 1. The average molecular weight is 464 g/mol. The molecule has 0 N–H and O–H groups in total. The number of carbonyl (C=O) groups excluding carboxylic acids is 1. The fraction of sp³-hybridized carbons (Fsp3) is 0.355. The van der Waals surface area contributed by atoms with E-state index in [1.807, 2.05) is 0 Å². The summed E-state index contributed by atoms with van der Waals surface area (Å²) in [5, 5.41) is 3.75. The molecule has 0 saturated carbocycles. The van der Waals surface area contributed by atoms with Crippen molar-refractivity contribution in [2.45, 2.75) is 45.6 Å². The van der Waals surface area contributed by atoms with Crippen LogP contribution in [0.4, 0.5) is 5.69 Å². The standard InChI is InChI=1S/C31H33N3O/c1-2-25-27-13-5-6-14-28(27)32-21-29(25)33-19-16-31(17-20-33)15-8-18-34(30(31)35)22-24-11-7-10-23-9-3-4-12-26(23)24/h3-7,9-14,21H,2,8,15-20,22H2,1H3. The van der Waals surface area contributed by atoms with E-state index in [0.717, 1.165) is 57.3 Å². The Morgan fingerprint density at radius 1 is 0.857 bits per heavy atom. The third-order valence-electron chi connectivity index (χ3n) is 8.34. The molecule has 2 aliphatic rings. The maximum atomic E-state index is 13.9. The van der Waals surface area contributed by atoms with E-state index in [9.17, 15) is 4.79 Å². The van der Waals surface area contributed by atoms with Crippen molar-refractivity contribution in [1.29, 1.82) is 0 Å². The molecule has 1 amide bonds. The Labute approximate surface area is 207 Å². The van der Waals surface area contributed by atoms with Crippen LogP contribution in [0.2, 0.25) is 0 Å². The van der Waals surface area contributed by atoms with Crippen LogP contribution in [0.1, 0.15) is 43.7 Å². The van der Waals surface area contributed by atoms with Crippen LogP contribution >= 0.6 is 0 Å². The van der Waals surface area contributed by atoms with Crippen molar-refractivity contribution in [1.82, 2.24) is 9.88 Å². The van der Waals surface area contributed by atoms with Gasteiger partial charge in [-0.05, 0) is 60.1 Å². The molecule has 0 radical (unpaired) electrons. The third kappa shape index (κ3) is 3.85. The van der Waals surface area contributed by atoms with E-state index in [2.05, 4.69) is 89.7 Å². The van der Waals surface area contributed by atoms with Gasteiger partial charge in [0.15, 0.2) is 0 Å². The molecule has 2 fully saturated rings. The monoisotopic (exact) mass is 463 g/mol. The number of aryl methyl sites for hydroxylation is 1. The van der Waals surface area contributed by atoms with Crippen LogP contribution in [0.3, 0.4) is 0 Å². The van der Waals surface area contributed by atoms with Gasteiger partial charge in [-0.15, -0.1) is 0 Å². The number of hydrogen-bond donors (Lipinski definition) is 0. The summed E-state index contributed by atoms with van der Waals surface area (Å²) in [6.07, 6.45) is 6.99. The van der Waals surface area contributed by atoms with Crippen molar-refractivity contribution >= 4 is 33.3 Å². The van der Waals surface area contributed by atoms with Crippen LogP contribution < -0.4 is 4.90 Å². The Balaban J connectivity index is 1.22. The van der Waals surface area contributed by atoms with E-state index in [1.165, 1.54) is 33.0 Å². The van der Waals surface area contributed by atoms with Gasteiger partial charge in [-0.3, -0.25) is 9.78 Å². The molecule has 1 spiro atoms. The predicted octanol–water partition coefficient (Wildman–Crippen LogP) is 6.36. The van der Waals surface area contributed by atoms with Crippen LogP contribution in [0.5, 0.6) is 0 Å². The van der Waals surface area contributed by atoms with Gasteiger partial charge in [-0.1, -0.05) is 67.6 Å². The minimum atomic E-state index is -0.212.